The van der Waals surface area contributed by atoms with Crippen LogP contribution in [0.5, 0.6) is 0 Å². The van der Waals surface area contributed by atoms with E-state index in [-0.39, 0.29) is 23.5 Å². The third-order valence-corrected chi connectivity index (χ3v) is 6.50. The van der Waals surface area contributed by atoms with Gasteiger partial charge in [0, 0.05) is 38.1 Å². The van der Waals surface area contributed by atoms with E-state index in [0.29, 0.717) is 32.0 Å². The van der Waals surface area contributed by atoms with Crippen LogP contribution < -0.4 is 5.32 Å². The Labute approximate surface area is 143 Å². The minimum Gasteiger partial charge on any atom is -0.356 e. The summed E-state index contributed by atoms with van der Waals surface area (Å²) < 4.78 is 25.4. The predicted octanol–water partition coefficient (Wildman–Crippen LogP) is 0.591. The lowest BCUT2D eigenvalue weighted by Crippen LogP contribution is -2.42. The van der Waals surface area contributed by atoms with Gasteiger partial charge in [-0.3, -0.25) is 14.4 Å². The van der Waals surface area contributed by atoms with Gasteiger partial charge < -0.3 is 5.32 Å². The molecule has 3 rings (SSSR count). The van der Waals surface area contributed by atoms with Gasteiger partial charge in [-0.15, -0.1) is 0 Å². The Bertz CT molecular complexity index is 681. The molecule has 1 aliphatic heterocycles. The number of rotatable bonds is 8. The lowest BCUT2D eigenvalue weighted by molar-refractivity contribution is -0.122. The number of nitrogens with zero attached hydrogens (tertiary/aromatic N) is 3. The van der Waals surface area contributed by atoms with Gasteiger partial charge in [-0.25, -0.2) is 8.42 Å². The van der Waals surface area contributed by atoms with Crippen LogP contribution in [-0.4, -0.2) is 60.1 Å². The second-order valence-electron chi connectivity index (χ2n) is 6.84. The molecule has 2 heterocycles. The van der Waals surface area contributed by atoms with Crippen LogP contribution in [0.4, 0.5) is 0 Å². The Balaban J connectivity index is 1.59. The Morgan fingerprint density at radius 1 is 1.42 bits per heavy atom. The van der Waals surface area contributed by atoms with Crippen LogP contribution in [0, 0.1) is 5.92 Å². The SMILES string of the molecule is CCS(=O)(=O)CCN1Cc2ccnn2[C@@H](CC(=O)NCC2CC2)C1. The van der Waals surface area contributed by atoms with Crippen LogP contribution in [0.3, 0.4) is 0 Å². The molecule has 0 bridgehead atoms. The van der Waals surface area contributed by atoms with E-state index in [1.165, 1.54) is 12.8 Å². The molecule has 0 spiro atoms. The first kappa shape index (κ1) is 17.4. The number of hydrogen-bond donors (Lipinski definition) is 1. The molecular formula is C16H26N4O3S. The monoisotopic (exact) mass is 354 g/mol. The molecule has 1 N–H and O–H groups in total. The van der Waals surface area contributed by atoms with Crippen molar-refractivity contribution >= 4 is 15.7 Å². The average Bonchev–Trinajstić information content (AvgIpc) is 3.27. The average molecular weight is 354 g/mol. The number of fused-ring (bicyclic) bond motifs is 1. The standard InChI is InChI=1S/C16H26N4O3S/c1-2-24(22,23)8-7-19-11-14-5-6-18-20(14)15(12-19)9-16(21)17-10-13-3-4-13/h5-6,13,15H,2-4,7-12H2,1H3,(H,17,21)/t15-/m0/s1. The molecule has 0 saturated heterocycles. The van der Waals surface area contributed by atoms with Crippen molar-refractivity contribution in [2.75, 3.05) is 31.1 Å². The number of nitrogens with one attached hydrogen (secondary N) is 1. The summed E-state index contributed by atoms with van der Waals surface area (Å²) >= 11 is 0. The molecule has 134 valence electrons. The summed E-state index contributed by atoms with van der Waals surface area (Å²) in [7, 11) is -2.98. The number of sulfone groups is 1. The second kappa shape index (κ2) is 7.23. The molecule has 0 aromatic carbocycles. The van der Waals surface area contributed by atoms with Crippen molar-refractivity contribution in [1.82, 2.24) is 20.0 Å². The van der Waals surface area contributed by atoms with Crippen molar-refractivity contribution in [3.8, 4) is 0 Å². The lowest BCUT2D eigenvalue weighted by Gasteiger charge is -2.33. The zero-order valence-electron chi connectivity index (χ0n) is 14.1. The molecule has 7 nitrogen and oxygen atoms in total. The highest BCUT2D eigenvalue weighted by atomic mass is 32.2. The molecule has 1 aromatic rings. The van der Waals surface area contributed by atoms with Gasteiger partial charge in [0.25, 0.3) is 0 Å². The quantitative estimate of drug-likeness (QED) is 0.739. The van der Waals surface area contributed by atoms with Gasteiger partial charge in [0.05, 0.1) is 23.9 Å². The number of hydrogen-bond acceptors (Lipinski definition) is 5. The van der Waals surface area contributed by atoms with Gasteiger partial charge in [-0.05, 0) is 24.8 Å². The first-order chi connectivity index (χ1) is 11.5. The minimum absolute atomic E-state index is 0.0349. The number of aromatic nitrogens is 2. The number of carbonyl (C=O) groups excluding carboxylic acids is 1. The molecule has 1 amide bonds. The number of amides is 1. The largest absolute Gasteiger partial charge is 0.356 e. The van der Waals surface area contributed by atoms with Crippen LogP contribution in [0.2, 0.25) is 0 Å². The van der Waals surface area contributed by atoms with Gasteiger partial charge in [-0.2, -0.15) is 5.10 Å². The molecule has 1 aliphatic carbocycles. The predicted molar refractivity (Wildman–Crippen MR) is 91.2 cm³/mol. The highest BCUT2D eigenvalue weighted by Crippen LogP contribution is 2.28. The molecule has 0 unspecified atom stereocenters. The van der Waals surface area contributed by atoms with Crippen molar-refractivity contribution in [2.24, 2.45) is 5.92 Å². The summed E-state index contributed by atoms with van der Waals surface area (Å²) in [6.45, 7) is 4.29. The summed E-state index contributed by atoms with van der Waals surface area (Å²) in [6, 6.07) is 1.91. The summed E-state index contributed by atoms with van der Waals surface area (Å²) in [6.07, 6.45) is 4.56. The maximum absolute atomic E-state index is 12.2. The Morgan fingerprint density at radius 2 is 2.21 bits per heavy atom. The maximum Gasteiger partial charge on any atom is 0.222 e. The van der Waals surface area contributed by atoms with Crippen molar-refractivity contribution < 1.29 is 13.2 Å². The van der Waals surface area contributed by atoms with Crippen molar-refractivity contribution in [3.63, 3.8) is 0 Å². The molecule has 1 atom stereocenters. The summed E-state index contributed by atoms with van der Waals surface area (Å²) in [4.78, 5) is 14.3. The van der Waals surface area contributed by atoms with Crippen LogP contribution in [0.15, 0.2) is 12.3 Å². The topological polar surface area (TPSA) is 84.3 Å². The normalized spacial score (nSPS) is 21.5. The lowest BCUT2D eigenvalue weighted by atomic mass is 10.1. The van der Waals surface area contributed by atoms with E-state index in [2.05, 4.69) is 15.3 Å². The van der Waals surface area contributed by atoms with E-state index in [1.54, 1.807) is 13.1 Å². The highest BCUT2D eigenvalue weighted by molar-refractivity contribution is 7.91. The number of carbonyl (C=O) groups is 1. The Hall–Kier alpha value is -1.41. The fourth-order valence-corrected chi connectivity index (χ4v) is 3.89. The van der Waals surface area contributed by atoms with Crippen molar-refractivity contribution in [3.05, 3.63) is 18.0 Å². The van der Waals surface area contributed by atoms with Gasteiger partial charge >= 0.3 is 0 Å². The fourth-order valence-electron chi connectivity index (χ4n) is 3.06. The van der Waals surface area contributed by atoms with Gasteiger partial charge in [-0.1, -0.05) is 6.92 Å². The van der Waals surface area contributed by atoms with E-state index >= 15 is 0 Å². The van der Waals surface area contributed by atoms with E-state index in [1.807, 2.05) is 10.7 Å². The third-order valence-electron chi connectivity index (χ3n) is 4.82. The van der Waals surface area contributed by atoms with E-state index in [9.17, 15) is 13.2 Å². The second-order valence-corrected chi connectivity index (χ2v) is 9.32. The van der Waals surface area contributed by atoms with Crippen molar-refractivity contribution in [1.29, 1.82) is 0 Å². The first-order valence-corrected chi connectivity index (χ1v) is 10.5. The summed E-state index contributed by atoms with van der Waals surface area (Å²) in [5, 5.41) is 7.35. The summed E-state index contributed by atoms with van der Waals surface area (Å²) in [5.41, 5.74) is 1.04. The molecule has 0 radical (unpaired) electrons. The Morgan fingerprint density at radius 3 is 2.92 bits per heavy atom. The van der Waals surface area contributed by atoms with E-state index in [4.69, 9.17) is 0 Å². The smallest absolute Gasteiger partial charge is 0.222 e. The zero-order valence-corrected chi connectivity index (χ0v) is 15.0. The first-order valence-electron chi connectivity index (χ1n) is 8.68. The molecule has 1 saturated carbocycles. The zero-order chi connectivity index (χ0) is 17.2. The highest BCUT2D eigenvalue weighted by Gasteiger charge is 2.28. The van der Waals surface area contributed by atoms with Crippen LogP contribution in [0.1, 0.15) is 37.9 Å². The molecule has 8 heteroatoms. The van der Waals surface area contributed by atoms with Gasteiger partial charge in [0.1, 0.15) is 0 Å². The molecule has 2 aliphatic rings. The van der Waals surface area contributed by atoms with Gasteiger partial charge in [0.2, 0.25) is 5.91 Å². The van der Waals surface area contributed by atoms with Crippen LogP contribution >= 0.6 is 0 Å². The Kier molecular flexibility index (Phi) is 5.24. The molecule has 1 fully saturated rings. The molecule has 24 heavy (non-hydrogen) atoms. The minimum atomic E-state index is -2.98. The molecular weight excluding hydrogens is 328 g/mol. The van der Waals surface area contributed by atoms with Crippen LogP contribution in [0.25, 0.3) is 0 Å². The fraction of sp³-hybridized carbons (Fsp3) is 0.750. The third kappa shape index (κ3) is 4.57. The van der Waals surface area contributed by atoms with E-state index < -0.39 is 9.84 Å². The van der Waals surface area contributed by atoms with Crippen LogP contribution in [-0.2, 0) is 21.2 Å². The summed E-state index contributed by atoms with van der Waals surface area (Å²) in [5.74, 6) is 1.05. The maximum atomic E-state index is 12.2. The van der Waals surface area contributed by atoms with Crippen molar-refractivity contribution in [2.45, 2.75) is 38.8 Å². The molecule has 1 aromatic heterocycles. The van der Waals surface area contributed by atoms with E-state index in [0.717, 1.165) is 12.2 Å². The van der Waals surface area contributed by atoms with Gasteiger partial charge in [0.15, 0.2) is 9.84 Å².